The van der Waals surface area contributed by atoms with Gasteiger partial charge in [0.25, 0.3) is 0 Å². The summed E-state index contributed by atoms with van der Waals surface area (Å²) >= 11 is 1.67. The number of hydrogen-bond acceptors (Lipinski definition) is 5. The van der Waals surface area contributed by atoms with Crippen LogP contribution in [-0.2, 0) is 11.3 Å². The molecule has 0 saturated carbocycles. The van der Waals surface area contributed by atoms with Crippen molar-refractivity contribution in [2.45, 2.75) is 33.7 Å². The van der Waals surface area contributed by atoms with Crippen molar-refractivity contribution in [1.82, 2.24) is 20.6 Å². The lowest BCUT2D eigenvalue weighted by Gasteiger charge is -2.11. The molecule has 25 heavy (non-hydrogen) atoms. The molecule has 0 radical (unpaired) electrons. The predicted molar refractivity (Wildman–Crippen MR) is 102 cm³/mol. The highest BCUT2D eigenvalue weighted by Gasteiger charge is 2.06. The number of carbonyl (C=O) groups is 1. The number of aryl methyl sites for hydroxylation is 3. The lowest BCUT2D eigenvalue weighted by atomic mass is 10.3. The fourth-order valence-electron chi connectivity index (χ4n) is 2.11. The number of nitrogens with zero attached hydrogens (tertiary/aromatic N) is 3. The number of hydrogen-bond donors (Lipinski definition) is 3. The Morgan fingerprint density at radius 1 is 1.20 bits per heavy atom. The van der Waals surface area contributed by atoms with E-state index >= 15 is 0 Å². The maximum Gasteiger partial charge on any atom is 0.227 e. The average Bonchev–Trinajstić information content (AvgIpc) is 2.89. The van der Waals surface area contributed by atoms with Gasteiger partial charge >= 0.3 is 0 Å². The van der Waals surface area contributed by atoms with Gasteiger partial charge in [0, 0.05) is 30.6 Å². The standard InChI is InChI=1S/C17H24N6OS/c1-11-6-5-7-14(21-11)23-15(24)8-9-19-17(18-4)20-10-16-22-12(2)13(3)25-16/h5-7H,8-10H2,1-4H3,(H2,18,19,20)(H,21,23,24). The predicted octanol–water partition coefficient (Wildman–Crippen LogP) is 2.16. The summed E-state index contributed by atoms with van der Waals surface area (Å²) < 4.78 is 0. The van der Waals surface area contributed by atoms with Gasteiger partial charge in [-0.25, -0.2) is 9.97 Å². The van der Waals surface area contributed by atoms with Crippen LogP contribution >= 0.6 is 11.3 Å². The molecule has 0 aliphatic rings. The van der Waals surface area contributed by atoms with Crippen molar-refractivity contribution in [3.63, 3.8) is 0 Å². The molecule has 0 bridgehead atoms. The molecule has 0 spiro atoms. The van der Waals surface area contributed by atoms with E-state index in [1.807, 2.05) is 26.0 Å². The topological polar surface area (TPSA) is 91.3 Å². The zero-order chi connectivity index (χ0) is 18.2. The Hall–Kier alpha value is -2.48. The first-order valence-electron chi connectivity index (χ1n) is 8.09. The molecule has 2 heterocycles. The number of anilines is 1. The molecule has 0 aliphatic carbocycles. The first kappa shape index (κ1) is 18.9. The Bertz CT molecular complexity index is 736. The minimum absolute atomic E-state index is 0.0905. The van der Waals surface area contributed by atoms with Gasteiger partial charge in [-0.15, -0.1) is 11.3 Å². The third kappa shape index (κ3) is 6.15. The van der Waals surface area contributed by atoms with Crippen LogP contribution in [0.4, 0.5) is 5.82 Å². The Kier molecular flexibility index (Phi) is 6.88. The number of thiazole rings is 1. The van der Waals surface area contributed by atoms with Gasteiger partial charge in [0.05, 0.1) is 12.2 Å². The highest BCUT2D eigenvalue weighted by molar-refractivity contribution is 7.11. The summed E-state index contributed by atoms with van der Waals surface area (Å²) in [6.45, 7) is 7.04. The average molecular weight is 360 g/mol. The van der Waals surface area contributed by atoms with Crippen LogP contribution in [0, 0.1) is 20.8 Å². The third-order valence-electron chi connectivity index (χ3n) is 3.50. The van der Waals surface area contributed by atoms with Crippen LogP contribution < -0.4 is 16.0 Å². The molecule has 0 saturated heterocycles. The fourth-order valence-corrected chi connectivity index (χ4v) is 2.98. The number of guanidine groups is 1. The first-order chi connectivity index (χ1) is 12.0. The zero-order valence-electron chi connectivity index (χ0n) is 15.0. The van der Waals surface area contributed by atoms with Gasteiger partial charge in [0.1, 0.15) is 10.8 Å². The molecule has 0 unspecified atom stereocenters. The second kappa shape index (κ2) is 9.12. The SMILES string of the molecule is CN=C(NCCC(=O)Nc1cccc(C)n1)NCc1nc(C)c(C)s1. The smallest absolute Gasteiger partial charge is 0.227 e. The van der Waals surface area contributed by atoms with Crippen LogP contribution in [0.3, 0.4) is 0 Å². The molecule has 2 rings (SSSR count). The monoisotopic (exact) mass is 360 g/mol. The third-order valence-corrected chi connectivity index (χ3v) is 4.58. The van der Waals surface area contributed by atoms with Crippen molar-refractivity contribution in [3.8, 4) is 0 Å². The van der Waals surface area contributed by atoms with E-state index in [0.717, 1.165) is 16.4 Å². The molecule has 134 valence electrons. The first-order valence-corrected chi connectivity index (χ1v) is 8.90. The molecule has 2 aromatic heterocycles. The minimum Gasteiger partial charge on any atom is -0.356 e. The number of nitrogens with one attached hydrogen (secondary N) is 3. The van der Waals surface area contributed by atoms with Gasteiger partial charge in [-0.2, -0.15) is 0 Å². The van der Waals surface area contributed by atoms with Crippen LogP contribution in [0.1, 0.15) is 27.7 Å². The van der Waals surface area contributed by atoms with Gasteiger partial charge in [-0.1, -0.05) is 6.07 Å². The van der Waals surface area contributed by atoms with Gasteiger partial charge in [-0.3, -0.25) is 9.79 Å². The number of pyridine rings is 1. The molecule has 0 aliphatic heterocycles. The second-order valence-electron chi connectivity index (χ2n) is 5.56. The lowest BCUT2D eigenvalue weighted by Crippen LogP contribution is -2.38. The summed E-state index contributed by atoms with van der Waals surface area (Å²) in [6, 6.07) is 5.53. The molecule has 7 nitrogen and oxygen atoms in total. The molecule has 3 N–H and O–H groups in total. The summed E-state index contributed by atoms with van der Waals surface area (Å²) in [6.07, 6.45) is 0.325. The van der Waals surface area contributed by atoms with Crippen LogP contribution in [-0.4, -0.2) is 35.4 Å². The van der Waals surface area contributed by atoms with Gasteiger partial charge in [0.15, 0.2) is 5.96 Å². The van der Waals surface area contributed by atoms with E-state index < -0.39 is 0 Å². The fraction of sp³-hybridized carbons (Fsp3) is 0.412. The minimum atomic E-state index is -0.0905. The molecule has 8 heteroatoms. The van der Waals surface area contributed by atoms with Crippen LogP contribution in [0.25, 0.3) is 0 Å². The van der Waals surface area contributed by atoms with E-state index in [-0.39, 0.29) is 5.91 Å². The highest BCUT2D eigenvalue weighted by Crippen LogP contribution is 2.15. The van der Waals surface area contributed by atoms with Crippen molar-refractivity contribution < 1.29 is 4.79 Å². The van der Waals surface area contributed by atoms with Crippen molar-refractivity contribution in [2.75, 3.05) is 18.9 Å². The van der Waals surface area contributed by atoms with E-state index in [1.54, 1.807) is 24.5 Å². The van der Waals surface area contributed by atoms with E-state index in [9.17, 15) is 4.79 Å². The van der Waals surface area contributed by atoms with Crippen molar-refractivity contribution in [1.29, 1.82) is 0 Å². The maximum absolute atomic E-state index is 12.0. The number of aliphatic imine (C=N–C) groups is 1. The summed E-state index contributed by atoms with van der Waals surface area (Å²) in [5.41, 5.74) is 1.93. The summed E-state index contributed by atoms with van der Waals surface area (Å²) in [5.74, 6) is 1.13. The highest BCUT2D eigenvalue weighted by atomic mass is 32.1. The Balaban J connectivity index is 1.72. The van der Waals surface area contributed by atoms with Crippen LogP contribution in [0.15, 0.2) is 23.2 Å². The number of rotatable bonds is 6. The van der Waals surface area contributed by atoms with Gasteiger partial charge in [-0.05, 0) is 32.9 Å². The van der Waals surface area contributed by atoms with Gasteiger partial charge < -0.3 is 16.0 Å². The number of carbonyl (C=O) groups excluding carboxylic acids is 1. The molecular weight excluding hydrogens is 336 g/mol. The maximum atomic E-state index is 12.0. The molecule has 1 amide bonds. The normalized spacial score (nSPS) is 11.3. The van der Waals surface area contributed by atoms with Crippen molar-refractivity contribution >= 4 is 29.0 Å². The summed E-state index contributed by atoms with van der Waals surface area (Å²) in [5, 5.41) is 10.1. The Morgan fingerprint density at radius 2 is 2.00 bits per heavy atom. The van der Waals surface area contributed by atoms with E-state index in [2.05, 4.69) is 37.8 Å². The Morgan fingerprint density at radius 3 is 2.64 bits per heavy atom. The van der Waals surface area contributed by atoms with Crippen molar-refractivity contribution in [2.24, 2.45) is 4.99 Å². The molecule has 0 aromatic carbocycles. The second-order valence-corrected chi connectivity index (χ2v) is 6.85. The van der Waals surface area contributed by atoms with E-state index in [0.29, 0.717) is 31.3 Å². The number of amides is 1. The molecule has 0 fully saturated rings. The van der Waals surface area contributed by atoms with Crippen LogP contribution in [0.2, 0.25) is 0 Å². The quantitative estimate of drug-likeness (QED) is 0.542. The molecule has 2 aromatic rings. The summed E-state index contributed by atoms with van der Waals surface area (Å²) in [7, 11) is 1.70. The van der Waals surface area contributed by atoms with Crippen molar-refractivity contribution in [3.05, 3.63) is 39.5 Å². The Labute approximate surface area is 152 Å². The number of aromatic nitrogens is 2. The molecular formula is C17H24N6OS. The van der Waals surface area contributed by atoms with Crippen LogP contribution in [0.5, 0.6) is 0 Å². The largest absolute Gasteiger partial charge is 0.356 e. The molecule has 0 atom stereocenters. The summed E-state index contributed by atoms with van der Waals surface area (Å²) in [4.78, 5) is 26.1. The van der Waals surface area contributed by atoms with Gasteiger partial charge in [0.2, 0.25) is 5.91 Å². The zero-order valence-corrected chi connectivity index (χ0v) is 15.8. The van der Waals surface area contributed by atoms with E-state index in [1.165, 1.54) is 4.88 Å². The lowest BCUT2D eigenvalue weighted by molar-refractivity contribution is -0.116. The van der Waals surface area contributed by atoms with E-state index in [4.69, 9.17) is 0 Å².